The van der Waals surface area contributed by atoms with Crippen molar-refractivity contribution in [1.29, 1.82) is 0 Å². The van der Waals surface area contributed by atoms with Crippen LogP contribution in [-0.4, -0.2) is 42.1 Å². The first-order chi connectivity index (χ1) is 15.0. The smallest absolute Gasteiger partial charge is 0.259 e. The van der Waals surface area contributed by atoms with E-state index >= 15 is 0 Å². The fraction of sp³-hybridized carbons (Fsp3) is 0.375. The number of H-pyrrole nitrogens is 1. The van der Waals surface area contributed by atoms with Gasteiger partial charge in [-0.2, -0.15) is 0 Å². The molecule has 31 heavy (non-hydrogen) atoms. The van der Waals surface area contributed by atoms with Gasteiger partial charge in [-0.25, -0.2) is 13.2 Å². The number of hydrogen-bond acceptors (Lipinski definition) is 3. The maximum absolute atomic E-state index is 14.1. The predicted molar refractivity (Wildman–Crippen MR) is 115 cm³/mol. The number of halogens is 3. The molecule has 0 spiro atoms. The van der Waals surface area contributed by atoms with Gasteiger partial charge in [0.15, 0.2) is 0 Å². The molecule has 1 saturated carbocycles. The van der Waals surface area contributed by atoms with E-state index in [0.717, 1.165) is 44.1 Å². The Balaban J connectivity index is 1.26. The SMILES string of the molecule is O=c1[nH]c([C@@H]2CC[C@H](N3CCN(c4ccc(F)cc4F)CC3)C2)cc2cccc(F)c12. The molecule has 0 amide bonds. The van der Waals surface area contributed by atoms with E-state index in [1.54, 1.807) is 12.1 Å². The number of piperazine rings is 1. The minimum absolute atomic E-state index is 0.116. The maximum atomic E-state index is 14.1. The largest absolute Gasteiger partial charge is 0.367 e. The second kappa shape index (κ2) is 8.04. The van der Waals surface area contributed by atoms with Crippen molar-refractivity contribution in [3.63, 3.8) is 0 Å². The van der Waals surface area contributed by atoms with Gasteiger partial charge in [0, 0.05) is 49.9 Å². The molecule has 5 rings (SSSR count). The van der Waals surface area contributed by atoms with E-state index in [2.05, 4.69) is 9.88 Å². The van der Waals surface area contributed by atoms with E-state index in [1.165, 1.54) is 18.2 Å². The van der Waals surface area contributed by atoms with Crippen molar-refractivity contribution < 1.29 is 13.2 Å². The molecular weight excluding hydrogens is 403 g/mol. The van der Waals surface area contributed by atoms with E-state index in [9.17, 15) is 18.0 Å². The Morgan fingerprint density at radius 2 is 1.71 bits per heavy atom. The lowest BCUT2D eigenvalue weighted by Gasteiger charge is -2.39. The van der Waals surface area contributed by atoms with Crippen molar-refractivity contribution in [2.75, 3.05) is 31.1 Å². The van der Waals surface area contributed by atoms with Gasteiger partial charge in [-0.3, -0.25) is 9.69 Å². The molecule has 0 radical (unpaired) electrons. The van der Waals surface area contributed by atoms with E-state index in [1.807, 2.05) is 11.0 Å². The normalized spacial score (nSPS) is 22.4. The molecule has 2 fully saturated rings. The fourth-order valence-corrected chi connectivity index (χ4v) is 5.16. The molecule has 2 aromatic carbocycles. The molecule has 2 aliphatic rings. The Bertz CT molecular complexity index is 1170. The Hall–Kier alpha value is -2.80. The Labute approximate surface area is 178 Å². The Morgan fingerprint density at radius 3 is 2.48 bits per heavy atom. The monoisotopic (exact) mass is 427 g/mol. The summed E-state index contributed by atoms with van der Waals surface area (Å²) in [5.74, 6) is -1.35. The second-order valence-electron chi connectivity index (χ2n) is 8.54. The average molecular weight is 427 g/mol. The van der Waals surface area contributed by atoms with Crippen LogP contribution in [0.1, 0.15) is 30.9 Å². The summed E-state index contributed by atoms with van der Waals surface area (Å²) in [5, 5.41) is 0.752. The van der Waals surface area contributed by atoms with Gasteiger partial charge in [0.05, 0.1) is 11.1 Å². The molecule has 2 atom stereocenters. The van der Waals surface area contributed by atoms with Gasteiger partial charge in [-0.05, 0) is 48.9 Å². The number of fused-ring (bicyclic) bond motifs is 1. The van der Waals surface area contributed by atoms with Crippen LogP contribution < -0.4 is 10.5 Å². The molecule has 7 heteroatoms. The van der Waals surface area contributed by atoms with Crippen LogP contribution >= 0.6 is 0 Å². The molecule has 4 nitrogen and oxygen atoms in total. The molecule has 1 N–H and O–H groups in total. The van der Waals surface area contributed by atoms with Crippen LogP contribution in [0.3, 0.4) is 0 Å². The fourth-order valence-electron chi connectivity index (χ4n) is 5.16. The minimum atomic E-state index is -0.564. The number of aromatic nitrogens is 1. The highest BCUT2D eigenvalue weighted by molar-refractivity contribution is 5.82. The second-order valence-corrected chi connectivity index (χ2v) is 8.54. The van der Waals surface area contributed by atoms with Crippen LogP contribution in [-0.2, 0) is 0 Å². The molecule has 1 saturated heterocycles. The minimum Gasteiger partial charge on any atom is -0.367 e. The van der Waals surface area contributed by atoms with Crippen LogP contribution in [0.4, 0.5) is 18.9 Å². The van der Waals surface area contributed by atoms with Crippen LogP contribution in [0.5, 0.6) is 0 Å². The van der Waals surface area contributed by atoms with E-state index in [4.69, 9.17) is 0 Å². The third kappa shape index (κ3) is 3.82. The van der Waals surface area contributed by atoms with Gasteiger partial charge in [0.2, 0.25) is 0 Å². The van der Waals surface area contributed by atoms with Gasteiger partial charge < -0.3 is 9.88 Å². The van der Waals surface area contributed by atoms with E-state index < -0.39 is 17.5 Å². The molecule has 3 aromatic rings. The topological polar surface area (TPSA) is 39.3 Å². The van der Waals surface area contributed by atoms with Gasteiger partial charge in [0.1, 0.15) is 17.5 Å². The number of nitrogens with one attached hydrogen (secondary N) is 1. The highest BCUT2D eigenvalue weighted by Gasteiger charge is 2.33. The lowest BCUT2D eigenvalue weighted by Crippen LogP contribution is -2.50. The molecule has 1 aliphatic carbocycles. The molecule has 1 aromatic heterocycles. The number of nitrogens with zero attached hydrogens (tertiary/aromatic N) is 2. The predicted octanol–water partition coefficient (Wildman–Crippen LogP) is 4.40. The van der Waals surface area contributed by atoms with E-state index in [0.29, 0.717) is 30.2 Å². The summed E-state index contributed by atoms with van der Waals surface area (Å²) in [7, 11) is 0. The first kappa shape index (κ1) is 20.1. The van der Waals surface area contributed by atoms with Crippen LogP contribution in [0.2, 0.25) is 0 Å². The lowest BCUT2D eigenvalue weighted by molar-refractivity contribution is 0.186. The van der Waals surface area contributed by atoms with Crippen molar-refractivity contribution in [2.24, 2.45) is 0 Å². The van der Waals surface area contributed by atoms with Crippen LogP contribution in [0.15, 0.2) is 47.3 Å². The summed E-state index contributed by atoms with van der Waals surface area (Å²) in [6.07, 6.45) is 2.93. The van der Waals surface area contributed by atoms with Gasteiger partial charge in [-0.15, -0.1) is 0 Å². The van der Waals surface area contributed by atoms with Crippen molar-refractivity contribution in [3.8, 4) is 0 Å². The number of aromatic amines is 1. The lowest BCUT2D eigenvalue weighted by atomic mass is 10.00. The first-order valence-electron chi connectivity index (χ1n) is 10.7. The standard InChI is InChI=1S/C24H24F3N3O/c25-17-5-7-22(20(27)14-17)30-10-8-29(9-11-30)18-6-4-15(12-18)21-13-16-2-1-3-19(26)23(16)24(31)28-21/h1-3,5,7,13-15,18H,4,6,8-12H2,(H,28,31)/t15-,18+/m1/s1. The number of benzene rings is 2. The van der Waals surface area contributed by atoms with Crippen molar-refractivity contribution in [2.45, 2.75) is 31.2 Å². The van der Waals surface area contributed by atoms with E-state index in [-0.39, 0.29) is 16.9 Å². The average Bonchev–Trinajstić information content (AvgIpc) is 3.24. The van der Waals surface area contributed by atoms with Gasteiger partial charge in [-0.1, -0.05) is 12.1 Å². The first-order valence-corrected chi connectivity index (χ1v) is 10.7. The molecule has 162 valence electrons. The number of rotatable bonds is 3. The highest BCUT2D eigenvalue weighted by Crippen LogP contribution is 2.37. The van der Waals surface area contributed by atoms with Crippen molar-refractivity contribution >= 4 is 16.5 Å². The molecular formula is C24H24F3N3O. The Kier molecular flexibility index (Phi) is 5.22. The number of pyridine rings is 1. The van der Waals surface area contributed by atoms with Crippen molar-refractivity contribution in [1.82, 2.24) is 9.88 Å². The summed E-state index contributed by atoms with van der Waals surface area (Å²) in [5.41, 5.74) is 0.952. The zero-order valence-corrected chi connectivity index (χ0v) is 17.1. The summed E-state index contributed by atoms with van der Waals surface area (Å²) >= 11 is 0. The summed E-state index contributed by atoms with van der Waals surface area (Å²) in [6, 6.07) is 10.7. The molecule has 0 bridgehead atoms. The van der Waals surface area contributed by atoms with Gasteiger partial charge >= 0.3 is 0 Å². The number of anilines is 1. The zero-order valence-electron chi connectivity index (χ0n) is 17.1. The molecule has 2 heterocycles. The third-order valence-corrected chi connectivity index (χ3v) is 6.77. The summed E-state index contributed by atoms with van der Waals surface area (Å²) in [6.45, 7) is 3.01. The summed E-state index contributed by atoms with van der Waals surface area (Å²) < 4.78 is 41.3. The summed E-state index contributed by atoms with van der Waals surface area (Å²) in [4.78, 5) is 19.7. The van der Waals surface area contributed by atoms with Gasteiger partial charge in [0.25, 0.3) is 5.56 Å². The van der Waals surface area contributed by atoms with Crippen molar-refractivity contribution in [3.05, 3.63) is 76.0 Å². The molecule has 0 unspecified atom stereocenters. The maximum Gasteiger partial charge on any atom is 0.259 e. The van der Waals surface area contributed by atoms with Crippen LogP contribution in [0, 0.1) is 17.5 Å². The molecule has 1 aliphatic heterocycles. The Morgan fingerprint density at radius 1 is 0.903 bits per heavy atom. The third-order valence-electron chi connectivity index (χ3n) is 6.77. The quantitative estimate of drug-likeness (QED) is 0.673. The zero-order chi connectivity index (χ0) is 21.5. The van der Waals surface area contributed by atoms with Crippen LogP contribution in [0.25, 0.3) is 10.8 Å². The number of hydrogen-bond donors (Lipinski definition) is 1. The highest BCUT2D eigenvalue weighted by atomic mass is 19.1.